The maximum absolute atomic E-state index is 2.35. The van der Waals surface area contributed by atoms with E-state index in [9.17, 15) is 0 Å². The summed E-state index contributed by atoms with van der Waals surface area (Å²) in [5.41, 5.74) is 3.00. The van der Waals surface area contributed by atoms with Gasteiger partial charge in [-0.2, -0.15) is 0 Å². The molecule has 1 heteroatoms. The first-order chi connectivity index (χ1) is 7.86. The fourth-order valence-corrected chi connectivity index (χ4v) is 2.56. The van der Waals surface area contributed by atoms with Gasteiger partial charge < -0.3 is 0 Å². The van der Waals surface area contributed by atoms with E-state index < -0.39 is 0 Å². The average molecular weight is 340 g/mol. The van der Waals surface area contributed by atoms with E-state index >= 15 is 0 Å². The highest BCUT2D eigenvalue weighted by Gasteiger charge is 2.20. The van der Waals surface area contributed by atoms with Crippen molar-refractivity contribution in [1.82, 2.24) is 0 Å². The first-order valence-electron chi connectivity index (χ1n) is 6.29. The quantitative estimate of drug-likeness (QED) is 0.672. The van der Waals surface area contributed by atoms with Crippen molar-refractivity contribution in [3.05, 3.63) is 59.7 Å². The molecule has 0 radical (unpaired) electrons. The van der Waals surface area contributed by atoms with Crippen molar-refractivity contribution < 1.29 is 0 Å². The number of hydrogen-bond acceptors (Lipinski definition) is 0. The molecule has 0 aliphatic heterocycles. The zero-order valence-corrected chi connectivity index (χ0v) is 12.9. The maximum atomic E-state index is 2.35. The van der Waals surface area contributed by atoms with Gasteiger partial charge in [-0.1, -0.05) is 62.4 Å². The number of aryl methyl sites for hydroxylation is 1. The first kappa shape index (κ1) is 14.5. The van der Waals surface area contributed by atoms with Gasteiger partial charge in [0.2, 0.25) is 0 Å². The Bertz CT molecular complexity index is 404. The van der Waals surface area contributed by atoms with E-state index in [1.807, 2.05) is 0 Å². The molecule has 1 aromatic rings. The van der Waals surface area contributed by atoms with Crippen LogP contribution in [-0.4, -0.2) is 0 Å². The summed E-state index contributed by atoms with van der Waals surface area (Å²) in [6, 6.07) is 8.85. The third kappa shape index (κ3) is 3.21. The van der Waals surface area contributed by atoms with Gasteiger partial charge in [-0.25, -0.2) is 0 Å². The molecule has 2 rings (SSSR count). The van der Waals surface area contributed by atoms with Gasteiger partial charge in [0.05, 0.1) is 0 Å². The summed E-state index contributed by atoms with van der Waals surface area (Å²) in [6.07, 6.45) is 11.4. The van der Waals surface area contributed by atoms with Crippen molar-refractivity contribution in [2.75, 3.05) is 0 Å². The Morgan fingerprint density at radius 2 is 1.71 bits per heavy atom. The minimum Gasteiger partial charge on any atom is -0.107 e. The van der Waals surface area contributed by atoms with Crippen molar-refractivity contribution in [3.8, 4) is 0 Å². The molecular formula is C16H21I. The van der Waals surface area contributed by atoms with Crippen LogP contribution in [0, 0.1) is 5.92 Å². The van der Waals surface area contributed by atoms with Crippen LogP contribution in [0.25, 0.3) is 0 Å². The van der Waals surface area contributed by atoms with E-state index in [1.165, 1.54) is 17.5 Å². The van der Waals surface area contributed by atoms with Crippen LogP contribution in [0.3, 0.4) is 0 Å². The smallest absolute Gasteiger partial charge is 0.00866 e. The second kappa shape index (κ2) is 7.00. The fraction of sp³-hybridized carbons (Fsp3) is 0.375. The summed E-state index contributed by atoms with van der Waals surface area (Å²) < 4.78 is 0. The summed E-state index contributed by atoms with van der Waals surface area (Å²) in [5.74, 6) is 1.24. The first-order valence-corrected chi connectivity index (χ1v) is 6.29. The van der Waals surface area contributed by atoms with Crippen LogP contribution in [0.5, 0.6) is 0 Å². The molecule has 0 amide bonds. The van der Waals surface area contributed by atoms with E-state index in [1.54, 1.807) is 0 Å². The lowest BCUT2D eigenvalue weighted by atomic mass is 9.79. The van der Waals surface area contributed by atoms with E-state index in [4.69, 9.17) is 0 Å². The zero-order chi connectivity index (χ0) is 11.4. The Kier molecular flexibility index (Phi) is 5.96. The third-order valence-electron chi connectivity index (χ3n) is 3.52. The maximum Gasteiger partial charge on any atom is 0.00866 e. The van der Waals surface area contributed by atoms with E-state index in [-0.39, 0.29) is 24.0 Å². The predicted molar refractivity (Wildman–Crippen MR) is 86.0 cm³/mol. The van der Waals surface area contributed by atoms with Crippen LogP contribution in [0.4, 0.5) is 0 Å². The Morgan fingerprint density at radius 3 is 2.41 bits per heavy atom. The number of halogens is 1. The summed E-state index contributed by atoms with van der Waals surface area (Å²) in [6.45, 7) is 4.51. The molecule has 0 bridgehead atoms. The molecular weight excluding hydrogens is 319 g/mol. The molecule has 92 valence electrons. The van der Waals surface area contributed by atoms with Gasteiger partial charge in [-0.15, -0.1) is 24.0 Å². The largest absolute Gasteiger partial charge is 0.107 e. The van der Waals surface area contributed by atoms with E-state index in [0.29, 0.717) is 11.8 Å². The van der Waals surface area contributed by atoms with Crippen LogP contribution in [0.15, 0.2) is 48.6 Å². The molecule has 0 spiro atoms. The topological polar surface area (TPSA) is 0 Å². The van der Waals surface area contributed by atoms with Crippen LogP contribution in [-0.2, 0) is 6.42 Å². The summed E-state index contributed by atoms with van der Waals surface area (Å²) in [5, 5.41) is 0. The van der Waals surface area contributed by atoms with Crippen LogP contribution in [0.2, 0.25) is 0 Å². The Labute approximate surface area is 122 Å². The van der Waals surface area contributed by atoms with E-state index in [0.717, 1.165) is 6.42 Å². The number of allylic oxidation sites excluding steroid dienone is 4. The van der Waals surface area contributed by atoms with Crippen molar-refractivity contribution in [2.45, 2.75) is 32.6 Å². The molecule has 1 aliphatic carbocycles. The fourth-order valence-electron chi connectivity index (χ4n) is 2.56. The third-order valence-corrected chi connectivity index (χ3v) is 3.52. The van der Waals surface area contributed by atoms with Gasteiger partial charge in [-0.3, -0.25) is 0 Å². The molecule has 0 heterocycles. The lowest BCUT2D eigenvalue weighted by molar-refractivity contribution is 0.556. The second-order valence-corrected chi connectivity index (χ2v) is 4.42. The number of rotatable bonds is 3. The van der Waals surface area contributed by atoms with Crippen LogP contribution >= 0.6 is 24.0 Å². The van der Waals surface area contributed by atoms with Crippen molar-refractivity contribution in [2.24, 2.45) is 5.92 Å². The standard InChI is InChI=1S/C16H20.HI/c1-3-13-9-5-7-11-15(13)16-12-8-6-10-14(16)4-2;/h5-13,15H,3-4H2,1-2H3;1H. The summed E-state index contributed by atoms with van der Waals surface area (Å²) in [7, 11) is 0. The predicted octanol–water partition coefficient (Wildman–Crippen LogP) is 5.10. The molecule has 0 fully saturated rings. The monoisotopic (exact) mass is 340 g/mol. The van der Waals surface area contributed by atoms with Crippen molar-refractivity contribution >= 4 is 24.0 Å². The molecule has 0 saturated carbocycles. The Hall–Kier alpha value is -0.570. The van der Waals surface area contributed by atoms with Crippen LogP contribution < -0.4 is 0 Å². The highest BCUT2D eigenvalue weighted by atomic mass is 127. The highest BCUT2D eigenvalue weighted by molar-refractivity contribution is 14.0. The SMILES string of the molecule is CCc1ccccc1C1C=CC=CC1CC.I. The highest BCUT2D eigenvalue weighted by Crippen LogP contribution is 2.34. The zero-order valence-electron chi connectivity index (χ0n) is 10.6. The van der Waals surface area contributed by atoms with Crippen molar-refractivity contribution in [3.63, 3.8) is 0 Å². The Morgan fingerprint density at radius 1 is 1.00 bits per heavy atom. The van der Waals surface area contributed by atoms with Crippen LogP contribution in [0.1, 0.15) is 37.3 Å². The van der Waals surface area contributed by atoms with Gasteiger partial charge in [0.1, 0.15) is 0 Å². The van der Waals surface area contributed by atoms with Gasteiger partial charge in [0.25, 0.3) is 0 Å². The molecule has 0 saturated heterocycles. The molecule has 1 aromatic carbocycles. The van der Waals surface area contributed by atoms with Gasteiger partial charge in [0.15, 0.2) is 0 Å². The Balaban J connectivity index is 0.00000144. The second-order valence-electron chi connectivity index (χ2n) is 4.42. The normalized spacial score (nSPS) is 22.2. The summed E-state index contributed by atoms with van der Waals surface area (Å²) in [4.78, 5) is 0. The van der Waals surface area contributed by atoms with E-state index in [2.05, 4.69) is 62.4 Å². The molecule has 17 heavy (non-hydrogen) atoms. The lowest BCUT2D eigenvalue weighted by Gasteiger charge is -2.25. The molecule has 2 unspecified atom stereocenters. The van der Waals surface area contributed by atoms with Gasteiger partial charge in [-0.05, 0) is 29.9 Å². The lowest BCUT2D eigenvalue weighted by Crippen LogP contribution is -2.11. The molecule has 0 nitrogen and oxygen atoms in total. The summed E-state index contributed by atoms with van der Waals surface area (Å²) >= 11 is 0. The molecule has 2 atom stereocenters. The van der Waals surface area contributed by atoms with Crippen molar-refractivity contribution in [1.29, 1.82) is 0 Å². The number of hydrogen-bond donors (Lipinski definition) is 0. The molecule has 0 aromatic heterocycles. The van der Waals surface area contributed by atoms with Gasteiger partial charge >= 0.3 is 0 Å². The molecule has 0 N–H and O–H groups in total. The minimum absolute atomic E-state index is 0. The molecule has 1 aliphatic rings. The van der Waals surface area contributed by atoms with Gasteiger partial charge in [0, 0.05) is 5.92 Å². The number of benzene rings is 1. The minimum atomic E-state index is 0. The average Bonchev–Trinajstić information content (AvgIpc) is 2.38.